The minimum absolute atomic E-state index is 0.000487. The highest BCUT2D eigenvalue weighted by atomic mass is 79.9. The lowest BCUT2D eigenvalue weighted by atomic mass is 10.1. The molecule has 0 unspecified atom stereocenters. The summed E-state index contributed by atoms with van der Waals surface area (Å²) in [6.07, 6.45) is 2.24. The molecule has 2 aliphatic rings. The van der Waals surface area contributed by atoms with E-state index in [2.05, 4.69) is 27.3 Å². The number of benzene rings is 1. The zero-order valence-electron chi connectivity index (χ0n) is 11.4. The molecule has 0 radical (unpaired) electrons. The summed E-state index contributed by atoms with van der Waals surface area (Å²) in [5.41, 5.74) is 2.49. The molecule has 1 aliphatic heterocycles. The van der Waals surface area contributed by atoms with Crippen molar-refractivity contribution in [1.82, 2.24) is 10.2 Å². The summed E-state index contributed by atoms with van der Waals surface area (Å²) in [5, 5.41) is 3.11. The first-order chi connectivity index (χ1) is 9.56. The van der Waals surface area contributed by atoms with Gasteiger partial charge in [-0.3, -0.25) is 9.59 Å². The molecule has 3 rings (SSSR count). The van der Waals surface area contributed by atoms with Crippen LogP contribution in [-0.2, 0) is 16.0 Å². The second-order valence-corrected chi connectivity index (χ2v) is 6.44. The van der Waals surface area contributed by atoms with Crippen LogP contribution in [0.5, 0.6) is 0 Å². The van der Waals surface area contributed by atoms with Gasteiger partial charge in [0.15, 0.2) is 0 Å². The number of hydrogen-bond acceptors (Lipinski definition) is 2. The van der Waals surface area contributed by atoms with E-state index < -0.39 is 0 Å². The lowest BCUT2D eigenvalue weighted by molar-refractivity contribution is -0.128. The maximum absolute atomic E-state index is 12.3. The second-order valence-electron chi connectivity index (χ2n) is 5.58. The van der Waals surface area contributed by atoms with E-state index >= 15 is 0 Å². The quantitative estimate of drug-likeness (QED) is 0.898. The fraction of sp³-hybridized carbons (Fsp3) is 0.467. The molecule has 1 heterocycles. The molecule has 0 spiro atoms. The summed E-state index contributed by atoms with van der Waals surface area (Å²) >= 11 is 3.56. The number of halogens is 1. The van der Waals surface area contributed by atoms with Gasteiger partial charge in [-0.2, -0.15) is 0 Å². The van der Waals surface area contributed by atoms with Crippen LogP contribution >= 0.6 is 15.9 Å². The zero-order valence-corrected chi connectivity index (χ0v) is 12.9. The summed E-state index contributed by atoms with van der Waals surface area (Å²) in [4.78, 5) is 25.4. The lowest BCUT2D eigenvalue weighted by Crippen LogP contribution is -2.34. The predicted octanol–water partition coefficient (Wildman–Crippen LogP) is 2.03. The van der Waals surface area contributed by atoms with Crippen molar-refractivity contribution in [3.63, 3.8) is 0 Å². The topological polar surface area (TPSA) is 49.4 Å². The van der Waals surface area contributed by atoms with Crippen molar-refractivity contribution in [2.24, 2.45) is 5.92 Å². The van der Waals surface area contributed by atoms with Crippen LogP contribution in [0.2, 0.25) is 0 Å². The number of nitrogens with zero attached hydrogens (tertiary/aromatic N) is 1. The van der Waals surface area contributed by atoms with E-state index in [0.717, 1.165) is 17.3 Å². The van der Waals surface area contributed by atoms with Crippen molar-refractivity contribution in [2.45, 2.75) is 25.3 Å². The highest BCUT2D eigenvalue weighted by molar-refractivity contribution is 9.10. The molecule has 0 aromatic heterocycles. The van der Waals surface area contributed by atoms with E-state index in [0.29, 0.717) is 13.0 Å². The summed E-state index contributed by atoms with van der Waals surface area (Å²) in [6, 6.07) is 6.19. The third-order valence-corrected chi connectivity index (χ3v) is 4.98. The number of nitrogens with one attached hydrogen (secondary N) is 1. The molecule has 1 aromatic rings. The van der Waals surface area contributed by atoms with Crippen LogP contribution in [0, 0.1) is 5.92 Å². The first-order valence-corrected chi connectivity index (χ1v) is 7.67. The number of amides is 2. The summed E-state index contributed by atoms with van der Waals surface area (Å²) in [6.45, 7) is 0.530. The molecule has 2 amide bonds. The lowest BCUT2D eigenvalue weighted by Gasteiger charge is -2.17. The van der Waals surface area contributed by atoms with Crippen LogP contribution in [0.4, 0.5) is 0 Å². The Morgan fingerprint density at radius 3 is 2.95 bits per heavy atom. The maximum atomic E-state index is 12.3. The summed E-state index contributed by atoms with van der Waals surface area (Å²) in [5.74, 6) is -0.149. The highest BCUT2D eigenvalue weighted by Crippen LogP contribution is 2.35. The van der Waals surface area contributed by atoms with E-state index in [1.165, 1.54) is 11.1 Å². The molecular formula is C15H17BrN2O2. The molecule has 1 aromatic carbocycles. The minimum Gasteiger partial charge on any atom is -0.349 e. The van der Waals surface area contributed by atoms with Gasteiger partial charge in [0.25, 0.3) is 0 Å². The third-order valence-electron chi connectivity index (χ3n) is 4.24. The number of likely N-dealkylation sites (tertiary alicyclic amines) is 1. The largest absolute Gasteiger partial charge is 0.349 e. The highest BCUT2D eigenvalue weighted by Gasteiger charge is 2.34. The molecule has 2 atom stereocenters. The van der Waals surface area contributed by atoms with E-state index in [1.54, 1.807) is 11.9 Å². The van der Waals surface area contributed by atoms with Gasteiger partial charge in [0.1, 0.15) is 0 Å². The third kappa shape index (κ3) is 2.35. The summed E-state index contributed by atoms with van der Waals surface area (Å²) in [7, 11) is 1.75. The molecule has 1 N–H and O–H groups in total. The van der Waals surface area contributed by atoms with E-state index in [4.69, 9.17) is 0 Å². The molecule has 1 saturated heterocycles. The Morgan fingerprint density at radius 2 is 2.25 bits per heavy atom. The Morgan fingerprint density at radius 1 is 1.45 bits per heavy atom. The standard InChI is InChI=1S/C15H17BrN2O2/c1-18-8-9(7-14(18)19)15(20)17-13-6-5-10-11(13)3-2-4-12(10)16/h2-4,9,13H,5-8H2,1H3,(H,17,20)/t9-,13-/m1/s1. The molecular weight excluding hydrogens is 320 g/mol. The Balaban J connectivity index is 1.70. The Hall–Kier alpha value is -1.36. The fourth-order valence-corrected chi connectivity index (χ4v) is 3.67. The molecule has 0 bridgehead atoms. The van der Waals surface area contributed by atoms with Crippen LogP contribution in [0.3, 0.4) is 0 Å². The normalized spacial score (nSPS) is 24.9. The van der Waals surface area contributed by atoms with Crippen molar-refractivity contribution >= 4 is 27.7 Å². The number of hydrogen-bond donors (Lipinski definition) is 1. The molecule has 4 nitrogen and oxygen atoms in total. The Labute approximate surface area is 126 Å². The van der Waals surface area contributed by atoms with E-state index in [9.17, 15) is 9.59 Å². The molecule has 0 saturated carbocycles. The predicted molar refractivity (Wildman–Crippen MR) is 79.1 cm³/mol. The van der Waals surface area contributed by atoms with Crippen molar-refractivity contribution in [2.75, 3.05) is 13.6 Å². The van der Waals surface area contributed by atoms with Gasteiger partial charge >= 0.3 is 0 Å². The van der Waals surface area contributed by atoms with E-state index in [-0.39, 0.29) is 23.8 Å². The summed E-state index contributed by atoms with van der Waals surface area (Å²) < 4.78 is 1.11. The minimum atomic E-state index is -0.205. The van der Waals surface area contributed by atoms with Gasteiger partial charge < -0.3 is 10.2 Å². The first-order valence-electron chi connectivity index (χ1n) is 6.88. The van der Waals surface area contributed by atoms with E-state index in [1.807, 2.05) is 12.1 Å². The first kappa shape index (κ1) is 13.6. The second kappa shape index (κ2) is 5.20. The molecule has 5 heteroatoms. The van der Waals surface area contributed by atoms with Crippen LogP contribution in [0.15, 0.2) is 22.7 Å². The molecule has 1 fully saturated rings. The van der Waals surface area contributed by atoms with Gasteiger partial charge in [-0.15, -0.1) is 0 Å². The SMILES string of the molecule is CN1C[C@H](C(=O)N[C@@H]2CCc3c(Br)cccc32)CC1=O. The monoisotopic (exact) mass is 336 g/mol. The number of fused-ring (bicyclic) bond motifs is 1. The van der Waals surface area contributed by atoms with Crippen molar-refractivity contribution in [1.29, 1.82) is 0 Å². The van der Waals surface area contributed by atoms with Gasteiger partial charge in [0, 0.05) is 24.5 Å². The van der Waals surface area contributed by atoms with Crippen LogP contribution in [0.1, 0.15) is 30.0 Å². The van der Waals surface area contributed by atoms with Gasteiger partial charge in [0.05, 0.1) is 12.0 Å². The van der Waals surface area contributed by atoms with Crippen molar-refractivity contribution < 1.29 is 9.59 Å². The average molecular weight is 337 g/mol. The zero-order chi connectivity index (χ0) is 14.3. The number of rotatable bonds is 2. The van der Waals surface area contributed by atoms with Crippen LogP contribution in [-0.4, -0.2) is 30.3 Å². The smallest absolute Gasteiger partial charge is 0.225 e. The average Bonchev–Trinajstić information content (AvgIpc) is 2.96. The fourth-order valence-electron chi connectivity index (χ4n) is 3.09. The Bertz CT molecular complexity index is 573. The van der Waals surface area contributed by atoms with Crippen molar-refractivity contribution in [3.05, 3.63) is 33.8 Å². The van der Waals surface area contributed by atoms with Crippen LogP contribution in [0.25, 0.3) is 0 Å². The van der Waals surface area contributed by atoms with Gasteiger partial charge in [0.2, 0.25) is 11.8 Å². The molecule has 1 aliphatic carbocycles. The van der Waals surface area contributed by atoms with Crippen LogP contribution < -0.4 is 5.32 Å². The molecule has 106 valence electrons. The number of carbonyl (C=O) groups excluding carboxylic acids is 2. The van der Waals surface area contributed by atoms with Gasteiger partial charge in [-0.05, 0) is 30.0 Å². The number of carbonyl (C=O) groups is 2. The van der Waals surface area contributed by atoms with Gasteiger partial charge in [-0.25, -0.2) is 0 Å². The van der Waals surface area contributed by atoms with Crippen molar-refractivity contribution in [3.8, 4) is 0 Å². The van der Waals surface area contributed by atoms with Gasteiger partial charge in [-0.1, -0.05) is 28.1 Å². The Kier molecular flexibility index (Phi) is 3.54. The molecule has 20 heavy (non-hydrogen) atoms. The maximum Gasteiger partial charge on any atom is 0.225 e.